The number of aliphatic hydroxyl groups is 1. The van der Waals surface area contributed by atoms with Crippen LogP contribution in [0.5, 0.6) is 5.75 Å². The van der Waals surface area contributed by atoms with Crippen LogP contribution in [-0.4, -0.2) is 47.2 Å². The maximum Gasteiger partial charge on any atom is 0.306 e. The number of aliphatic hydroxyl groups excluding tert-OH is 1. The zero-order valence-corrected chi connectivity index (χ0v) is 22.3. The zero-order valence-electron chi connectivity index (χ0n) is 22.3. The van der Waals surface area contributed by atoms with Gasteiger partial charge < -0.3 is 19.3 Å². The number of benzene rings is 2. The number of rotatable bonds is 12. The van der Waals surface area contributed by atoms with Gasteiger partial charge in [-0.3, -0.25) is 15.0 Å². The number of hydrazine groups is 1. The minimum atomic E-state index is -1.62. The van der Waals surface area contributed by atoms with Crippen molar-refractivity contribution in [2.45, 2.75) is 63.8 Å². The Bertz CT molecular complexity index is 1240. The summed E-state index contributed by atoms with van der Waals surface area (Å²) in [5.41, 5.74) is 10.5. The SMILES string of the molecule is CC(C)(C)OC(=O)CC[C@]1(C(=O)NN)N=C(c2ccc(OCCCO)cc2)O[C@H]1c1ccccc1CN=[N+]=[N-]. The molecule has 2 aromatic carbocycles. The summed E-state index contributed by atoms with van der Waals surface area (Å²) in [4.78, 5) is 33.7. The molecule has 208 valence electrons. The highest BCUT2D eigenvalue weighted by Crippen LogP contribution is 2.44. The Morgan fingerprint density at radius 2 is 1.95 bits per heavy atom. The van der Waals surface area contributed by atoms with Crippen LogP contribution in [0, 0.1) is 0 Å². The second-order valence-corrected chi connectivity index (χ2v) is 9.94. The molecule has 0 bridgehead atoms. The largest absolute Gasteiger partial charge is 0.494 e. The van der Waals surface area contributed by atoms with Crippen molar-refractivity contribution in [3.8, 4) is 5.75 Å². The molecule has 2 atom stereocenters. The van der Waals surface area contributed by atoms with Crippen molar-refractivity contribution in [2.24, 2.45) is 15.9 Å². The van der Waals surface area contributed by atoms with E-state index in [2.05, 4.69) is 15.5 Å². The fourth-order valence-corrected chi connectivity index (χ4v) is 4.20. The molecule has 0 saturated carbocycles. The van der Waals surface area contributed by atoms with Gasteiger partial charge >= 0.3 is 5.97 Å². The molecule has 0 spiro atoms. The number of ether oxygens (including phenoxy) is 3. The van der Waals surface area contributed by atoms with Gasteiger partial charge in [-0.2, -0.15) is 0 Å². The van der Waals surface area contributed by atoms with E-state index in [4.69, 9.17) is 35.7 Å². The number of carbonyl (C=O) groups excluding carboxylic acids is 2. The van der Waals surface area contributed by atoms with Gasteiger partial charge in [-0.05, 0) is 68.1 Å². The Balaban J connectivity index is 2.04. The fourth-order valence-electron chi connectivity index (χ4n) is 4.20. The number of hydrogen-bond donors (Lipinski definition) is 3. The van der Waals surface area contributed by atoms with Gasteiger partial charge in [0.25, 0.3) is 5.91 Å². The van der Waals surface area contributed by atoms with E-state index in [1.165, 1.54) is 0 Å². The highest BCUT2D eigenvalue weighted by atomic mass is 16.6. The number of esters is 1. The highest BCUT2D eigenvalue weighted by Gasteiger charge is 2.53. The summed E-state index contributed by atoms with van der Waals surface area (Å²) in [5, 5.41) is 12.6. The molecule has 0 unspecified atom stereocenters. The summed E-state index contributed by atoms with van der Waals surface area (Å²) in [5.74, 6) is 5.25. The van der Waals surface area contributed by atoms with Crippen molar-refractivity contribution in [3.05, 3.63) is 75.7 Å². The average molecular weight is 539 g/mol. The first-order valence-corrected chi connectivity index (χ1v) is 12.6. The lowest BCUT2D eigenvalue weighted by molar-refractivity contribution is -0.155. The second-order valence-electron chi connectivity index (χ2n) is 9.94. The molecule has 1 heterocycles. The van der Waals surface area contributed by atoms with Crippen LogP contribution >= 0.6 is 0 Å². The molecule has 12 nitrogen and oxygen atoms in total. The topological polar surface area (TPSA) is 181 Å². The van der Waals surface area contributed by atoms with Gasteiger partial charge in [-0.25, -0.2) is 10.8 Å². The van der Waals surface area contributed by atoms with E-state index in [1.54, 1.807) is 69.3 Å². The lowest BCUT2D eigenvalue weighted by atomic mass is 9.82. The third-order valence-electron chi connectivity index (χ3n) is 5.93. The Morgan fingerprint density at radius 1 is 1.23 bits per heavy atom. The molecule has 1 aliphatic heterocycles. The summed E-state index contributed by atoms with van der Waals surface area (Å²) >= 11 is 0. The molecule has 1 aliphatic rings. The molecule has 39 heavy (non-hydrogen) atoms. The number of azide groups is 1. The van der Waals surface area contributed by atoms with E-state index in [9.17, 15) is 9.59 Å². The molecule has 2 aromatic rings. The van der Waals surface area contributed by atoms with Gasteiger partial charge in [0.05, 0.1) is 13.2 Å². The molecule has 0 aliphatic carbocycles. The predicted octanol–water partition coefficient (Wildman–Crippen LogP) is 3.63. The second kappa shape index (κ2) is 13.1. The van der Waals surface area contributed by atoms with Crippen LogP contribution in [0.4, 0.5) is 0 Å². The molecule has 4 N–H and O–H groups in total. The number of aliphatic imine (C=N–C) groups is 1. The van der Waals surface area contributed by atoms with E-state index in [-0.39, 0.29) is 31.9 Å². The van der Waals surface area contributed by atoms with Gasteiger partial charge in [-0.1, -0.05) is 29.4 Å². The van der Waals surface area contributed by atoms with E-state index < -0.39 is 29.1 Å². The summed E-state index contributed by atoms with van der Waals surface area (Å²) in [7, 11) is 0. The van der Waals surface area contributed by atoms with Crippen LogP contribution in [0.15, 0.2) is 58.6 Å². The molecule has 0 radical (unpaired) electrons. The van der Waals surface area contributed by atoms with Crippen molar-refractivity contribution in [3.63, 3.8) is 0 Å². The van der Waals surface area contributed by atoms with Crippen LogP contribution < -0.4 is 16.0 Å². The van der Waals surface area contributed by atoms with Crippen LogP contribution in [0.3, 0.4) is 0 Å². The Labute approximate surface area is 226 Å². The average Bonchev–Trinajstić information content (AvgIpc) is 3.30. The first kappa shape index (κ1) is 29.4. The molecular weight excluding hydrogens is 504 g/mol. The van der Waals surface area contributed by atoms with Crippen molar-refractivity contribution >= 4 is 17.8 Å². The molecule has 1 amide bonds. The monoisotopic (exact) mass is 538 g/mol. The number of amides is 1. The molecule has 0 aromatic heterocycles. The lowest BCUT2D eigenvalue weighted by Gasteiger charge is -2.31. The van der Waals surface area contributed by atoms with E-state index in [0.29, 0.717) is 35.5 Å². The minimum absolute atomic E-state index is 0.0220. The Kier molecular flexibility index (Phi) is 9.89. The summed E-state index contributed by atoms with van der Waals surface area (Å²) in [6, 6.07) is 14.0. The van der Waals surface area contributed by atoms with Crippen LogP contribution in [0.2, 0.25) is 0 Å². The number of nitrogens with two attached hydrogens (primary N) is 1. The number of nitrogens with zero attached hydrogens (tertiary/aromatic N) is 4. The van der Waals surface area contributed by atoms with Crippen molar-refractivity contribution < 1.29 is 28.9 Å². The third-order valence-corrected chi connectivity index (χ3v) is 5.93. The Hall–Kier alpha value is -4.12. The predicted molar refractivity (Wildman–Crippen MR) is 143 cm³/mol. The third kappa shape index (κ3) is 7.47. The van der Waals surface area contributed by atoms with Gasteiger partial charge in [0, 0.05) is 29.9 Å². The van der Waals surface area contributed by atoms with Gasteiger partial charge in [-0.15, -0.1) is 0 Å². The van der Waals surface area contributed by atoms with Gasteiger partial charge in [0.15, 0.2) is 11.6 Å². The molecule has 3 rings (SSSR count). The van der Waals surface area contributed by atoms with Crippen LogP contribution in [-0.2, 0) is 25.6 Å². The van der Waals surface area contributed by atoms with E-state index in [1.807, 2.05) is 0 Å². The van der Waals surface area contributed by atoms with E-state index in [0.717, 1.165) is 0 Å². The van der Waals surface area contributed by atoms with Crippen molar-refractivity contribution in [1.29, 1.82) is 0 Å². The number of hydrogen-bond acceptors (Lipinski definition) is 9. The summed E-state index contributed by atoms with van der Waals surface area (Å²) in [6.45, 7) is 5.69. The van der Waals surface area contributed by atoms with Gasteiger partial charge in [0.1, 0.15) is 11.4 Å². The standard InChI is InChI=1S/C27H34N6O6/c1-26(2,3)39-22(35)13-14-27(25(36)32-28)23(21-8-5-4-7-19(21)17-30-33-29)38-24(31-27)18-9-11-20(12-10-18)37-16-6-15-34/h4-5,7-12,23,34H,6,13-17,28H2,1-3H3,(H,32,36)/t23-,27-/m0/s1. The van der Waals surface area contributed by atoms with Crippen molar-refractivity contribution in [1.82, 2.24) is 5.43 Å². The van der Waals surface area contributed by atoms with Crippen LogP contribution in [0.1, 0.15) is 62.8 Å². The summed E-state index contributed by atoms with van der Waals surface area (Å²) in [6.07, 6.45) is -0.665. The normalized spacial score (nSPS) is 18.4. The van der Waals surface area contributed by atoms with Crippen LogP contribution in [0.25, 0.3) is 10.4 Å². The highest BCUT2D eigenvalue weighted by molar-refractivity contribution is 6.01. The molecule has 0 saturated heterocycles. The van der Waals surface area contributed by atoms with E-state index >= 15 is 0 Å². The smallest absolute Gasteiger partial charge is 0.306 e. The maximum atomic E-state index is 13.4. The summed E-state index contributed by atoms with van der Waals surface area (Å²) < 4.78 is 17.4. The fraction of sp³-hybridized carbons (Fsp3) is 0.444. The minimum Gasteiger partial charge on any atom is -0.494 e. The lowest BCUT2D eigenvalue weighted by Crippen LogP contribution is -2.51. The Morgan fingerprint density at radius 3 is 2.59 bits per heavy atom. The maximum absolute atomic E-state index is 13.4. The molecular formula is C27H34N6O6. The van der Waals surface area contributed by atoms with Crippen molar-refractivity contribution in [2.75, 3.05) is 13.2 Å². The molecule has 12 heteroatoms. The number of carbonyl (C=O) groups is 2. The number of nitrogens with one attached hydrogen (secondary N) is 1. The zero-order chi connectivity index (χ0) is 28.5. The first-order chi connectivity index (χ1) is 18.6. The first-order valence-electron chi connectivity index (χ1n) is 12.6. The molecule has 0 fully saturated rings. The quantitative estimate of drug-likeness (QED) is 0.0539. The van der Waals surface area contributed by atoms with Gasteiger partial charge in [0.2, 0.25) is 5.90 Å².